The van der Waals surface area contributed by atoms with E-state index >= 15 is 0 Å². The summed E-state index contributed by atoms with van der Waals surface area (Å²) in [5.74, 6) is 0.657. The largest absolute Gasteiger partial charge is 0.396 e. The van der Waals surface area contributed by atoms with E-state index in [0.29, 0.717) is 18.8 Å². The molecule has 1 aromatic rings. The van der Waals surface area contributed by atoms with Gasteiger partial charge >= 0.3 is 0 Å². The summed E-state index contributed by atoms with van der Waals surface area (Å²) < 4.78 is 0. The number of aromatic nitrogens is 2. The molecule has 0 spiro atoms. The van der Waals surface area contributed by atoms with Crippen molar-refractivity contribution in [2.75, 3.05) is 24.6 Å². The van der Waals surface area contributed by atoms with Crippen molar-refractivity contribution in [2.24, 2.45) is 0 Å². The first-order chi connectivity index (χ1) is 6.77. The minimum Gasteiger partial charge on any atom is -0.396 e. The predicted octanol–water partition coefficient (Wildman–Crippen LogP) is -0.0214. The Balaban J connectivity index is 2.73. The number of hydrogen-bond acceptors (Lipinski definition) is 4. The highest BCUT2D eigenvalue weighted by molar-refractivity contribution is 5.35. The molecule has 0 aliphatic rings. The third-order valence-electron chi connectivity index (χ3n) is 1.96. The smallest absolute Gasteiger partial charge is 0.252 e. The quantitative estimate of drug-likeness (QED) is 0.696. The molecule has 78 valence electrons. The van der Waals surface area contributed by atoms with Crippen molar-refractivity contribution < 1.29 is 5.11 Å². The molecule has 0 radical (unpaired) electrons. The molecule has 1 rings (SSSR count). The van der Waals surface area contributed by atoms with E-state index in [-0.39, 0.29) is 12.2 Å². The standard InChI is InChI=1S/C9H15N3O2/c1-2-12(4-3-5-13)8-6-9(14)11-7-10-8/h6-7,13H,2-5H2,1H3,(H,10,11,14). The third-order valence-corrected chi connectivity index (χ3v) is 1.96. The van der Waals surface area contributed by atoms with Crippen molar-refractivity contribution >= 4 is 5.82 Å². The van der Waals surface area contributed by atoms with Crippen molar-refractivity contribution in [1.29, 1.82) is 0 Å². The lowest BCUT2D eigenvalue weighted by Gasteiger charge is -2.20. The molecule has 0 aromatic carbocycles. The molecule has 14 heavy (non-hydrogen) atoms. The van der Waals surface area contributed by atoms with Crippen LogP contribution in [-0.4, -0.2) is 34.8 Å². The van der Waals surface area contributed by atoms with Gasteiger partial charge in [-0.1, -0.05) is 0 Å². The highest BCUT2D eigenvalue weighted by Gasteiger charge is 2.04. The third kappa shape index (κ3) is 2.85. The van der Waals surface area contributed by atoms with Crippen molar-refractivity contribution in [1.82, 2.24) is 9.97 Å². The molecule has 0 aliphatic carbocycles. The molecule has 1 heterocycles. The van der Waals surface area contributed by atoms with Crippen LogP contribution in [0.2, 0.25) is 0 Å². The predicted molar refractivity (Wildman–Crippen MR) is 54.4 cm³/mol. The summed E-state index contributed by atoms with van der Waals surface area (Å²) in [5.41, 5.74) is -0.155. The van der Waals surface area contributed by atoms with Crippen LogP contribution in [0, 0.1) is 0 Å². The molecule has 1 aromatic heterocycles. The first-order valence-electron chi connectivity index (χ1n) is 4.68. The molecule has 5 heteroatoms. The summed E-state index contributed by atoms with van der Waals surface area (Å²) in [5, 5.41) is 8.70. The van der Waals surface area contributed by atoms with Crippen LogP contribution in [0.1, 0.15) is 13.3 Å². The van der Waals surface area contributed by atoms with Crippen LogP contribution >= 0.6 is 0 Å². The highest BCUT2D eigenvalue weighted by Crippen LogP contribution is 2.05. The molecule has 0 unspecified atom stereocenters. The molecular formula is C9H15N3O2. The molecule has 0 saturated carbocycles. The average Bonchev–Trinajstić information content (AvgIpc) is 2.19. The number of nitrogens with one attached hydrogen (secondary N) is 1. The topological polar surface area (TPSA) is 69.2 Å². The van der Waals surface area contributed by atoms with Gasteiger partial charge in [0.05, 0.1) is 6.33 Å². The number of aliphatic hydroxyl groups is 1. The fourth-order valence-electron chi connectivity index (χ4n) is 1.23. The lowest BCUT2D eigenvalue weighted by Crippen LogP contribution is -2.27. The van der Waals surface area contributed by atoms with Crippen molar-refractivity contribution in [3.8, 4) is 0 Å². The normalized spacial score (nSPS) is 10.1. The summed E-state index contributed by atoms with van der Waals surface area (Å²) >= 11 is 0. The van der Waals surface area contributed by atoms with E-state index in [2.05, 4.69) is 9.97 Å². The van der Waals surface area contributed by atoms with Gasteiger partial charge in [0.2, 0.25) is 0 Å². The lowest BCUT2D eigenvalue weighted by molar-refractivity contribution is 0.289. The van der Waals surface area contributed by atoms with Gasteiger partial charge < -0.3 is 15.0 Å². The van der Waals surface area contributed by atoms with Gasteiger partial charge in [-0.05, 0) is 13.3 Å². The van der Waals surface area contributed by atoms with Crippen molar-refractivity contribution in [3.63, 3.8) is 0 Å². The molecule has 0 amide bonds. The SMILES string of the molecule is CCN(CCCO)c1cc(=O)[nH]cn1. The first-order valence-corrected chi connectivity index (χ1v) is 4.68. The van der Waals surface area contributed by atoms with E-state index in [1.165, 1.54) is 12.4 Å². The first kappa shape index (κ1) is 10.7. The summed E-state index contributed by atoms with van der Waals surface area (Å²) in [7, 11) is 0. The Morgan fingerprint density at radius 3 is 3.00 bits per heavy atom. The number of aromatic amines is 1. The number of nitrogens with zero attached hydrogens (tertiary/aromatic N) is 2. The van der Waals surface area contributed by atoms with E-state index in [9.17, 15) is 4.79 Å². The van der Waals surface area contributed by atoms with E-state index < -0.39 is 0 Å². The molecule has 5 nitrogen and oxygen atoms in total. The summed E-state index contributed by atoms with van der Waals surface area (Å²) in [6.45, 7) is 3.62. The number of hydrogen-bond donors (Lipinski definition) is 2. The maximum Gasteiger partial charge on any atom is 0.252 e. The Morgan fingerprint density at radius 2 is 2.43 bits per heavy atom. The van der Waals surface area contributed by atoms with Gasteiger partial charge in [-0.25, -0.2) is 4.98 Å². The fraction of sp³-hybridized carbons (Fsp3) is 0.556. The Labute approximate surface area is 82.4 Å². The van der Waals surface area contributed by atoms with Crippen LogP contribution in [0.5, 0.6) is 0 Å². The highest BCUT2D eigenvalue weighted by atomic mass is 16.3. The molecule has 0 bridgehead atoms. The van der Waals surface area contributed by atoms with Crippen molar-refractivity contribution in [2.45, 2.75) is 13.3 Å². The van der Waals surface area contributed by atoms with E-state index in [4.69, 9.17) is 5.11 Å². The molecule has 0 fully saturated rings. The number of rotatable bonds is 5. The zero-order valence-corrected chi connectivity index (χ0v) is 8.23. The lowest BCUT2D eigenvalue weighted by atomic mass is 10.4. The molecule has 0 aliphatic heterocycles. The van der Waals surface area contributed by atoms with Crippen LogP contribution in [0.4, 0.5) is 5.82 Å². The monoisotopic (exact) mass is 197 g/mol. The second-order valence-electron chi connectivity index (χ2n) is 2.93. The maximum absolute atomic E-state index is 11.0. The van der Waals surface area contributed by atoms with Crippen LogP contribution in [0.25, 0.3) is 0 Å². The zero-order valence-electron chi connectivity index (χ0n) is 8.23. The molecule has 0 atom stereocenters. The number of aliphatic hydroxyl groups excluding tert-OH is 1. The van der Waals surface area contributed by atoms with Gasteiger partial charge in [-0.15, -0.1) is 0 Å². The van der Waals surface area contributed by atoms with Gasteiger partial charge in [0, 0.05) is 25.8 Å². The van der Waals surface area contributed by atoms with E-state index in [1.807, 2.05) is 11.8 Å². The fourth-order valence-corrected chi connectivity index (χ4v) is 1.23. The van der Waals surface area contributed by atoms with E-state index in [0.717, 1.165) is 6.54 Å². The van der Waals surface area contributed by atoms with Crippen molar-refractivity contribution in [3.05, 3.63) is 22.7 Å². The van der Waals surface area contributed by atoms with Gasteiger partial charge in [-0.3, -0.25) is 4.79 Å². The Kier molecular flexibility index (Phi) is 4.12. The second-order valence-corrected chi connectivity index (χ2v) is 2.93. The zero-order chi connectivity index (χ0) is 10.4. The minimum atomic E-state index is -0.155. The molecule has 0 saturated heterocycles. The second kappa shape index (κ2) is 5.39. The Morgan fingerprint density at radius 1 is 1.64 bits per heavy atom. The molecule has 2 N–H and O–H groups in total. The Bertz CT molecular complexity index is 324. The van der Waals surface area contributed by atoms with Crippen LogP contribution in [0.3, 0.4) is 0 Å². The average molecular weight is 197 g/mol. The summed E-state index contributed by atoms with van der Waals surface area (Å²) in [4.78, 5) is 19.5. The van der Waals surface area contributed by atoms with Gasteiger partial charge in [0.15, 0.2) is 0 Å². The molecular weight excluding hydrogens is 182 g/mol. The summed E-state index contributed by atoms with van der Waals surface area (Å²) in [6, 6.07) is 1.46. The Hall–Kier alpha value is -1.36. The van der Waals surface area contributed by atoms with Gasteiger partial charge in [-0.2, -0.15) is 0 Å². The van der Waals surface area contributed by atoms with Gasteiger partial charge in [0.25, 0.3) is 5.56 Å². The number of H-pyrrole nitrogens is 1. The van der Waals surface area contributed by atoms with Crippen LogP contribution in [0.15, 0.2) is 17.2 Å². The van der Waals surface area contributed by atoms with Crippen LogP contribution < -0.4 is 10.5 Å². The van der Waals surface area contributed by atoms with E-state index in [1.54, 1.807) is 0 Å². The summed E-state index contributed by atoms with van der Waals surface area (Å²) in [6.07, 6.45) is 2.07. The van der Waals surface area contributed by atoms with Gasteiger partial charge in [0.1, 0.15) is 5.82 Å². The maximum atomic E-state index is 11.0. The van der Waals surface area contributed by atoms with Crippen LogP contribution in [-0.2, 0) is 0 Å². The number of anilines is 1. The minimum absolute atomic E-state index is 0.152.